The Hall–Kier alpha value is -1.10. The molecule has 2 heterocycles. The van der Waals surface area contributed by atoms with Gasteiger partial charge in [-0.2, -0.15) is 8.78 Å². The molecule has 0 amide bonds. The zero-order valence-electron chi connectivity index (χ0n) is 7.06. The molecule has 0 N–H and O–H groups in total. The quantitative estimate of drug-likeness (QED) is 0.653. The second kappa shape index (κ2) is 2.70. The van der Waals surface area contributed by atoms with Crippen LogP contribution in [0.25, 0.3) is 11.0 Å². The van der Waals surface area contributed by atoms with Crippen LogP contribution >= 0.6 is 11.3 Å². The minimum absolute atomic E-state index is 0.460. The summed E-state index contributed by atoms with van der Waals surface area (Å²) in [6.07, 6.45) is 0. The van der Waals surface area contributed by atoms with Crippen LogP contribution in [0.2, 0.25) is 0 Å². The number of fused-ring (bicyclic) bond motifs is 1. The van der Waals surface area contributed by atoms with Crippen molar-refractivity contribution in [3.8, 4) is 0 Å². The van der Waals surface area contributed by atoms with Crippen molar-refractivity contribution in [2.45, 2.75) is 13.8 Å². The van der Waals surface area contributed by atoms with Gasteiger partial charge in [0.15, 0.2) is 0 Å². The van der Waals surface area contributed by atoms with Gasteiger partial charge in [0.1, 0.15) is 11.0 Å². The zero-order valence-corrected chi connectivity index (χ0v) is 7.88. The van der Waals surface area contributed by atoms with Gasteiger partial charge in [-0.25, -0.2) is 9.97 Å². The summed E-state index contributed by atoms with van der Waals surface area (Å²) >= 11 is 1.44. The fraction of sp³-hybridized carbons (Fsp3) is 0.250. The second-order valence-corrected chi connectivity index (χ2v) is 4.15. The van der Waals surface area contributed by atoms with E-state index in [1.165, 1.54) is 11.3 Å². The van der Waals surface area contributed by atoms with Crippen LogP contribution < -0.4 is 0 Å². The Morgan fingerprint density at radius 3 is 1.69 bits per heavy atom. The van der Waals surface area contributed by atoms with E-state index in [4.69, 9.17) is 0 Å². The summed E-state index contributed by atoms with van der Waals surface area (Å²) in [7, 11) is 0. The summed E-state index contributed by atoms with van der Waals surface area (Å²) in [6, 6.07) is 0. The largest absolute Gasteiger partial charge is 0.269 e. The van der Waals surface area contributed by atoms with Gasteiger partial charge in [0.05, 0.1) is 0 Å². The van der Waals surface area contributed by atoms with Gasteiger partial charge in [0, 0.05) is 9.75 Å². The third-order valence-electron chi connectivity index (χ3n) is 1.79. The summed E-state index contributed by atoms with van der Waals surface area (Å²) < 4.78 is 25.4. The third-order valence-corrected chi connectivity index (χ3v) is 2.79. The number of hydrogen-bond donors (Lipinski definition) is 0. The van der Waals surface area contributed by atoms with E-state index < -0.39 is 11.9 Å². The Kier molecular flexibility index (Phi) is 1.76. The van der Waals surface area contributed by atoms with E-state index in [9.17, 15) is 8.78 Å². The number of nitrogens with zero attached hydrogens (tertiary/aromatic N) is 2. The van der Waals surface area contributed by atoms with Gasteiger partial charge in [-0.15, -0.1) is 11.3 Å². The monoisotopic (exact) mass is 200 g/mol. The van der Waals surface area contributed by atoms with Gasteiger partial charge in [-0.1, -0.05) is 0 Å². The number of rotatable bonds is 0. The van der Waals surface area contributed by atoms with Gasteiger partial charge in [-0.05, 0) is 13.8 Å². The SMILES string of the molecule is Cc1sc(C)c2nc(F)c(F)nc12. The molecule has 2 aromatic heterocycles. The fourth-order valence-corrected chi connectivity index (χ4v) is 2.15. The molecule has 0 fully saturated rings. The third kappa shape index (κ3) is 1.19. The van der Waals surface area contributed by atoms with E-state index in [1.54, 1.807) is 0 Å². The van der Waals surface area contributed by atoms with Gasteiger partial charge in [-0.3, -0.25) is 0 Å². The van der Waals surface area contributed by atoms with Crippen molar-refractivity contribution in [3.05, 3.63) is 21.6 Å². The van der Waals surface area contributed by atoms with Crippen LogP contribution in [0.1, 0.15) is 9.75 Å². The van der Waals surface area contributed by atoms with E-state index >= 15 is 0 Å². The molecule has 5 heteroatoms. The molecule has 0 spiro atoms. The first-order valence-corrected chi connectivity index (χ1v) is 4.50. The smallest absolute Gasteiger partial charge is 0.213 e. The van der Waals surface area contributed by atoms with Gasteiger partial charge in [0.25, 0.3) is 11.9 Å². The normalized spacial score (nSPS) is 11.1. The molecule has 0 saturated carbocycles. The van der Waals surface area contributed by atoms with Crippen molar-refractivity contribution in [2.75, 3.05) is 0 Å². The van der Waals surface area contributed by atoms with E-state index in [0.717, 1.165) is 9.75 Å². The van der Waals surface area contributed by atoms with Crippen LogP contribution in [0.5, 0.6) is 0 Å². The van der Waals surface area contributed by atoms with Crippen LogP contribution in [0.3, 0.4) is 0 Å². The zero-order chi connectivity index (χ0) is 9.59. The lowest BCUT2D eigenvalue weighted by Gasteiger charge is -1.93. The molecule has 2 nitrogen and oxygen atoms in total. The molecule has 0 aliphatic rings. The highest BCUT2D eigenvalue weighted by atomic mass is 32.1. The van der Waals surface area contributed by atoms with Crippen LogP contribution in [0.4, 0.5) is 8.78 Å². The fourth-order valence-electron chi connectivity index (χ4n) is 1.21. The van der Waals surface area contributed by atoms with Crippen molar-refractivity contribution < 1.29 is 8.78 Å². The van der Waals surface area contributed by atoms with Crippen molar-refractivity contribution >= 4 is 22.4 Å². The van der Waals surface area contributed by atoms with E-state index in [-0.39, 0.29) is 0 Å². The van der Waals surface area contributed by atoms with Gasteiger partial charge >= 0.3 is 0 Å². The number of aromatic nitrogens is 2. The van der Waals surface area contributed by atoms with Crippen molar-refractivity contribution in [1.82, 2.24) is 9.97 Å². The van der Waals surface area contributed by atoms with Crippen molar-refractivity contribution in [1.29, 1.82) is 0 Å². The maximum Gasteiger partial charge on any atom is 0.269 e. The predicted molar refractivity (Wildman–Crippen MR) is 46.8 cm³/mol. The molecule has 0 aliphatic heterocycles. The lowest BCUT2D eigenvalue weighted by molar-refractivity contribution is 0.459. The Labute approximate surface area is 77.3 Å². The van der Waals surface area contributed by atoms with E-state index in [0.29, 0.717) is 11.0 Å². The first kappa shape index (κ1) is 8.50. The average molecular weight is 200 g/mol. The lowest BCUT2D eigenvalue weighted by Crippen LogP contribution is -1.94. The molecular weight excluding hydrogens is 194 g/mol. The molecule has 2 aromatic rings. The molecule has 0 atom stereocenters. The Morgan fingerprint density at radius 1 is 0.923 bits per heavy atom. The molecule has 68 valence electrons. The van der Waals surface area contributed by atoms with E-state index in [1.807, 2.05) is 13.8 Å². The number of halogens is 2. The maximum atomic E-state index is 12.7. The predicted octanol–water partition coefficient (Wildman–Crippen LogP) is 2.59. The molecule has 0 bridgehead atoms. The highest BCUT2D eigenvalue weighted by Gasteiger charge is 2.13. The molecule has 0 aromatic carbocycles. The van der Waals surface area contributed by atoms with Crippen molar-refractivity contribution in [2.24, 2.45) is 0 Å². The Bertz CT molecular complexity index is 436. The minimum atomic E-state index is -1.13. The summed E-state index contributed by atoms with van der Waals surface area (Å²) in [4.78, 5) is 8.72. The number of hydrogen-bond acceptors (Lipinski definition) is 3. The van der Waals surface area contributed by atoms with Crippen LogP contribution in [0, 0.1) is 25.7 Å². The van der Waals surface area contributed by atoms with Crippen LogP contribution in [0.15, 0.2) is 0 Å². The van der Waals surface area contributed by atoms with Gasteiger partial charge < -0.3 is 0 Å². The molecule has 13 heavy (non-hydrogen) atoms. The summed E-state index contributed by atoms with van der Waals surface area (Å²) in [5.74, 6) is -2.26. The first-order chi connectivity index (χ1) is 6.09. The Morgan fingerprint density at radius 2 is 1.31 bits per heavy atom. The minimum Gasteiger partial charge on any atom is -0.213 e. The van der Waals surface area contributed by atoms with Crippen molar-refractivity contribution in [3.63, 3.8) is 0 Å². The average Bonchev–Trinajstić information content (AvgIpc) is 2.31. The molecule has 0 radical (unpaired) electrons. The van der Waals surface area contributed by atoms with Crippen LogP contribution in [-0.2, 0) is 0 Å². The van der Waals surface area contributed by atoms with Gasteiger partial charge in [0.2, 0.25) is 0 Å². The highest BCUT2D eigenvalue weighted by molar-refractivity contribution is 7.13. The second-order valence-electron chi connectivity index (χ2n) is 2.72. The Balaban J connectivity index is 2.91. The number of thiophene rings is 1. The molecule has 2 rings (SSSR count). The first-order valence-electron chi connectivity index (χ1n) is 3.68. The summed E-state index contributed by atoms with van der Waals surface area (Å²) in [6.45, 7) is 3.62. The highest BCUT2D eigenvalue weighted by Crippen LogP contribution is 2.27. The molecule has 0 saturated heterocycles. The summed E-state index contributed by atoms with van der Waals surface area (Å²) in [5.41, 5.74) is 0.919. The lowest BCUT2D eigenvalue weighted by atomic mass is 10.3. The van der Waals surface area contributed by atoms with E-state index in [2.05, 4.69) is 9.97 Å². The summed E-state index contributed by atoms with van der Waals surface area (Å²) in [5, 5.41) is 0. The maximum absolute atomic E-state index is 12.7. The molecule has 0 unspecified atom stereocenters. The van der Waals surface area contributed by atoms with Crippen LogP contribution in [-0.4, -0.2) is 9.97 Å². The number of aryl methyl sites for hydroxylation is 2. The topological polar surface area (TPSA) is 25.8 Å². The standard InChI is InChI=1S/C8H6F2N2S/c1-3-5-6(4(2)13-3)12-8(10)7(9)11-5/h1-2H3. The molecule has 0 aliphatic carbocycles. The molecular formula is C8H6F2N2S.